The van der Waals surface area contributed by atoms with E-state index in [1.54, 1.807) is 0 Å². The summed E-state index contributed by atoms with van der Waals surface area (Å²) in [6.45, 7) is 2.13. The molecule has 2 aromatic rings. The lowest BCUT2D eigenvalue weighted by Crippen LogP contribution is -2.19. The zero-order chi connectivity index (χ0) is 12.4. The van der Waals surface area contributed by atoms with Crippen LogP contribution >= 0.6 is 0 Å². The Labute approximate surface area is 108 Å². The zero-order valence-corrected chi connectivity index (χ0v) is 10.7. The lowest BCUT2D eigenvalue weighted by molar-refractivity contribution is 0.836. The number of nitrogens with one attached hydrogen (secondary N) is 1. The molecule has 0 amide bonds. The number of fused-ring (bicyclic) bond motifs is 1. The molecule has 0 atom stereocenters. The van der Waals surface area contributed by atoms with Crippen molar-refractivity contribution in [2.75, 3.05) is 23.8 Å². The van der Waals surface area contributed by atoms with Crippen LogP contribution in [0.25, 0.3) is 0 Å². The molecule has 1 N–H and O–H groups in total. The van der Waals surface area contributed by atoms with Crippen molar-refractivity contribution >= 4 is 11.4 Å². The minimum atomic E-state index is 1.00. The third kappa shape index (κ3) is 2.06. The van der Waals surface area contributed by atoms with E-state index in [4.69, 9.17) is 0 Å². The Hall–Kier alpha value is -1.96. The van der Waals surface area contributed by atoms with Gasteiger partial charge < -0.3 is 10.2 Å². The van der Waals surface area contributed by atoms with Crippen LogP contribution in [0.3, 0.4) is 0 Å². The second-order valence-corrected chi connectivity index (χ2v) is 4.75. The molecular formula is C16H18N2. The first-order valence-electron chi connectivity index (χ1n) is 6.46. The van der Waals surface area contributed by atoms with E-state index in [0.29, 0.717) is 0 Å². The standard InChI is InChI=1S/C16H18N2/c1-17-15-8-6-13(7-9-15)12-18-11-10-14-4-2-3-5-16(14)18/h2-9,17H,10-12H2,1H3. The third-order valence-corrected chi connectivity index (χ3v) is 3.60. The minimum Gasteiger partial charge on any atom is -0.388 e. The van der Waals surface area contributed by atoms with Gasteiger partial charge in [-0.2, -0.15) is 0 Å². The fraction of sp³-hybridized carbons (Fsp3) is 0.250. The lowest BCUT2D eigenvalue weighted by Gasteiger charge is -2.19. The van der Waals surface area contributed by atoms with Crippen molar-refractivity contribution in [3.63, 3.8) is 0 Å². The molecule has 0 aliphatic carbocycles. The summed E-state index contributed by atoms with van der Waals surface area (Å²) in [6, 6.07) is 17.4. The van der Waals surface area contributed by atoms with Crippen LogP contribution in [0.5, 0.6) is 0 Å². The van der Waals surface area contributed by atoms with Crippen LogP contribution in [0, 0.1) is 0 Å². The van der Waals surface area contributed by atoms with Gasteiger partial charge in [0.05, 0.1) is 0 Å². The van der Waals surface area contributed by atoms with Crippen LogP contribution in [0.15, 0.2) is 48.5 Å². The smallest absolute Gasteiger partial charge is 0.0429 e. The minimum absolute atomic E-state index is 1.00. The number of anilines is 2. The molecule has 1 heterocycles. The number of para-hydroxylation sites is 1. The van der Waals surface area contributed by atoms with Crippen molar-refractivity contribution in [2.45, 2.75) is 13.0 Å². The number of benzene rings is 2. The summed E-state index contributed by atoms with van der Waals surface area (Å²) < 4.78 is 0. The average molecular weight is 238 g/mol. The summed E-state index contributed by atoms with van der Waals surface area (Å²) in [5.74, 6) is 0. The van der Waals surface area contributed by atoms with Crippen molar-refractivity contribution in [3.05, 3.63) is 59.7 Å². The maximum Gasteiger partial charge on any atom is 0.0429 e. The summed E-state index contributed by atoms with van der Waals surface area (Å²) in [5.41, 5.74) is 5.41. The van der Waals surface area contributed by atoms with Gasteiger partial charge in [-0.3, -0.25) is 0 Å². The van der Waals surface area contributed by atoms with Crippen LogP contribution in [0.4, 0.5) is 11.4 Å². The molecule has 1 aliphatic heterocycles. The highest BCUT2D eigenvalue weighted by Gasteiger charge is 2.17. The second-order valence-electron chi connectivity index (χ2n) is 4.75. The van der Waals surface area contributed by atoms with Crippen molar-refractivity contribution in [1.29, 1.82) is 0 Å². The molecule has 92 valence electrons. The molecule has 0 aromatic heterocycles. The van der Waals surface area contributed by atoms with Gasteiger partial charge in [0.25, 0.3) is 0 Å². The molecule has 0 spiro atoms. The third-order valence-electron chi connectivity index (χ3n) is 3.60. The quantitative estimate of drug-likeness (QED) is 0.882. The Morgan fingerprint density at radius 3 is 2.61 bits per heavy atom. The SMILES string of the molecule is CNc1ccc(CN2CCc3ccccc32)cc1. The Bertz CT molecular complexity index is 531. The predicted molar refractivity (Wildman–Crippen MR) is 77.2 cm³/mol. The molecule has 2 nitrogen and oxygen atoms in total. The van der Waals surface area contributed by atoms with Crippen LogP contribution in [0.1, 0.15) is 11.1 Å². The summed E-state index contributed by atoms with van der Waals surface area (Å²) in [6.07, 6.45) is 1.17. The summed E-state index contributed by atoms with van der Waals surface area (Å²) in [5, 5.41) is 3.15. The van der Waals surface area contributed by atoms with Gasteiger partial charge in [0.2, 0.25) is 0 Å². The Balaban J connectivity index is 1.77. The van der Waals surface area contributed by atoms with Gasteiger partial charge in [-0.25, -0.2) is 0 Å². The van der Waals surface area contributed by atoms with Gasteiger partial charge in [0, 0.05) is 31.5 Å². The monoisotopic (exact) mass is 238 g/mol. The number of rotatable bonds is 3. The van der Waals surface area contributed by atoms with Gasteiger partial charge in [0.1, 0.15) is 0 Å². The van der Waals surface area contributed by atoms with E-state index < -0.39 is 0 Å². The van der Waals surface area contributed by atoms with E-state index in [0.717, 1.165) is 13.1 Å². The normalized spacial score (nSPS) is 13.5. The van der Waals surface area contributed by atoms with E-state index >= 15 is 0 Å². The van der Waals surface area contributed by atoms with Crippen LogP contribution in [0.2, 0.25) is 0 Å². The number of nitrogens with zero attached hydrogens (tertiary/aromatic N) is 1. The summed E-state index contributed by atoms with van der Waals surface area (Å²) in [4.78, 5) is 2.46. The molecule has 0 fully saturated rings. The predicted octanol–water partition coefficient (Wildman–Crippen LogP) is 3.29. The molecular weight excluding hydrogens is 220 g/mol. The van der Waals surface area contributed by atoms with Crippen molar-refractivity contribution in [1.82, 2.24) is 0 Å². The molecule has 0 unspecified atom stereocenters. The molecule has 2 aromatic carbocycles. The van der Waals surface area contributed by atoms with Gasteiger partial charge in [-0.1, -0.05) is 30.3 Å². The van der Waals surface area contributed by atoms with Gasteiger partial charge in [-0.15, -0.1) is 0 Å². The van der Waals surface area contributed by atoms with E-state index in [2.05, 4.69) is 58.7 Å². The molecule has 0 radical (unpaired) electrons. The molecule has 0 saturated heterocycles. The van der Waals surface area contributed by atoms with E-state index in [1.807, 2.05) is 7.05 Å². The fourth-order valence-electron chi connectivity index (χ4n) is 2.57. The number of hydrogen-bond donors (Lipinski definition) is 1. The highest BCUT2D eigenvalue weighted by atomic mass is 15.1. The molecule has 1 aliphatic rings. The molecule has 18 heavy (non-hydrogen) atoms. The highest BCUT2D eigenvalue weighted by Crippen LogP contribution is 2.28. The van der Waals surface area contributed by atoms with Gasteiger partial charge >= 0.3 is 0 Å². The van der Waals surface area contributed by atoms with E-state index in [9.17, 15) is 0 Å². The molecule has 0 bridgehead atoms. The second kappa shape index (κ2) is 4.73. The van der Waals surface area contributed by atoms with Crippen LogP contribution < -0.4 is 10.2 Å². The van der Waals surface area contributed by atoms with Crippen molar-refractivity contribution < 1.29 is 0 Å². The lowest BCUT2D eigenvalue weighted by atomic mass is 10.1. The van der Waals surface area contributed by atoms with Crippen LogP contribution in [-0.2, 0) is 13.0 Å². The highest BCUT2D eigenvalue weighted by molar-refractivity contribution is 5.58. The molecule has 0 saturated carbocycles. The topological polar surface area (TPSA) is 15.3 Å². The Morgan fingerprint density at radius 1 is 1.06 bits per heavy atom. The Morgan fingerprint density at radius 2 is 1.83 bits per heavy atom. The van der Waals surface area contributed by atoms with Crippen molar-refractivity contribution in [3.8, 4) is 0 Å². The molecule has 2 heteroatoms. The van der Waals surface area contributed by atoms with Crippen LogP contribution in [-0.4, -0.2) is 13.6 Å². The van der Waals surface area contributed by atoms with Crippen molar-refractivity contribution in [2.24, 2.45) is 0 Å². The first kappa shape index (κ1) is 11.1. The van der Waals surface area contributed by atoms with Gasteiger partial charge in [0.15, 0.2) is 0 Å². The number of hydrogen-bond acceptors (Lipinski definition) is 2. The summed E-state index contributed by atoms with van der Waals surface area (Å²) >= 11 is 0. The van der Waals surface area contributed by atoms with E-state index in [1.165, 1.54) is 28.9 Å². The van der Waals surface area contributed by atoms with Gasteiger partial charge in [-0.05, 0) is 35.7 Å². The maximum absolute atomic E-state index is 3.15. The first-order chi connectivity index (χ1) is 8.86. The Kier molecular flexibility index (Phi) is 2.93. The average Bonchev–Trinajstić information content (AvgIpc) is 2.83. The van der Waals surface area contributed by atoms with E-state index in [-0.39, 0.29) is 0 Å². The maximum atomic E-state index is 3.15. The summed E-state index contributed by atoms with van der Waals surface area (Å²) in [7, 11) is 1.95. The molecule has 3 rings (SSSR count). The fourth-order valence-corrected chi connectivity index (χ4v) is 2.57. The first-order valence-corrected chi connectivity index (χ1v) is 6.46. The zero-order valence-electron chi connectivity index (χ0n) is 10.7. The largest absolute Gasteiger partial charge is 0.388 e.